The highest BCUT2D eigenvalue weighted by atomic mass is 16.6. The third-order valence-corrected chi connectivity index (χ3v) is 3.35. The number of hydrogen-bond donors (Lipinski definition) is 1. The van der Waals surface area contributed by atoms with E-state index in [2.05, 4.69) is 10.3 Å². The molecule has 0 atom stereocenters. The normalized spacial score (nSPS) is 12.6. The molecule has 23 heavy (non-hydrogen) atoms. The Morgan fingerprint density at radius 1 is 1.22 bits per heavy atom. The molecule has 0 amide bonds. The molecule has 1 aliphatic rings. The maximum atomic E-state index is 11.5. The monoisotopic (exact) mass is 314 g/mol. The van der Waals surface area contributed by atoms with Gasteiger partial charge in [0.1, 0.15) is 18.9 Å². The summed E-state index contributed by atoms with van der Waals surface area (Å²) < 4.78 is 16.0. The molecule has 6 nitrogen and oxygen atoms in total. The smallest absolute Gasteiger partial charge is 0.356 e. The number of nitrogens with one attached hydrogen (secondary N) is 1. The summed E-state index contributed by atoms with van der Waals surface area (Å²) in [5, 5.41) is 3.25. The van der Waals surface area contributed by atoms with E-state index < -0.39 is 5.97 Å². The van der Waals surface area contributed by atoms with E-state index in [0.29, 0.717) is 32.1 Å². The van der Waals surface area contributed by atoms with Gasteiger partial charge >= 0.3 is 5.97 Å². The predicted molar refractivity (Wildman–Crippen MR) is 85.0 cm³/mol. The van der Waals surface area contributed by atoms with E-state index in [1.54, 1.807) is 25.3 Å². The zero-order valence-electron chi connectivity index (χ0n) is 12.9. The molecule has 1 aromatic heterocycles. The Kier molecular flexibility index (Phi) is 4.61. The number of carbonyl (C=O) groups is 1. The molecule has 3 rings (SSSR count). The summed E-state index contributed by atoms with van der Waals surface area (Å²) in [6.45, 7) is 3.88. The lowest BCUT2D eigenvalue weighted by Gasteiger charge is -2.19. The first-order valence-corrected chi connectivity index (χ1v) is 7.52. The second-order valence-electron chi connectivity index (χ2n) is 4.98. The quantitative estimate of drug-likeness (QED) is 0.856. The van der Waals surface area contributed by atoms with Gasteiger partial charge < -0.3 is 19.5 Å². The largest absolute Gasteiger partial charge is 0.486 e. The number of rotatable bonds is 5. The molecule has 1 N–H and O–H groups in total. The maximum absolute atomic E-state index is 11.5. The fourth-order valence-electron chi connectivity index (χ4n) is 2.23. The van der Waals surface area contributed by atoms with E-state index in [4.69, 9.17) is 14.2 Å². The van der Waals surface area contributed by atoms with Crippen LogP contribution < -0.4 is 14.8 Å². The van der Waals surface area contributed by atoms with Gasteiger partial charge in [0.2, 0.25) is 0 Å². The highest BCUT2D eigenvalue weighted by Crippen LogP contribution is 2.30. The van der Waals surface area contributed by atoms with E-state index in [1.165, 1.54) is 0 Å². The van der Waals surface area contributed by atoms with Crippen molar-refractivity contribution in [2.75, 3.05) is 25.1 Å². The third-order valence-electron chi connectivity index (χ3n) is 3.35. The van der Waals surface area contributed by atoms with Crippen LogP contribution in [0.5, 0.6) is 11.5 Å². The van der Waals surface area contributed by atoms with Gasteiger partial charge in [0.15, 0.2) is 11.5 Å². The molecule has 120 valence electrons. The minimum Gasteiger partial charge on any atom is -0.486 e. The second kappa shape index (κ2) is 7.00. The first kappa shape index (κ1) is 15.1. The van der Waals surface area contributed by atoms with Gasteiger partial charge in [0.05, 0.1) is 18.5 Å². The van der Waals surface area contributed by atoms with Crippen molar-refractivity contribution in [3.05, 3.63) is 47.8 Å². The lowest BCUT2D eigenvalue weighted by Crippen LogP contribution is -2.15. The molecule has 0 bridgehead atoms. The summed E-state index contributed by atoms with van der Waals surface area (Å²) in [4.78, 5) is 15.6. The Balaban J connectivity index is 1.61. The van der Waals surface area contributed by atoms with Gasteiger partial charge in [-0.05, 0) is 36.8 Å². The third kappa shape index (κ3) is 3.71. The lowest BCUT2D eigenvalue weighted by molar-refractivity contribution is 0.0519. The average Bonchev–Trinajstić information content (AvgIpc) is 2.60. The fraction of sp³-hybridized carbons (Fsp3) is 0.294. The molecule has 0 saturated carbocycles. The van der Waals surface area contributed by atoms with E-state index in [0.717, 1.165) is 22.7 Å². The van der Waals surface area contributed by atoms with Crippen LogP contribution in [-0.2, 0) is 11.3 Å². The molecule has 0 spiro atoms. The maximum Gasteiger partial charge on any atom is 0.356 e. The van der Waals surface area contributed by atoms with E-state index in [1.807, 2.05) is 18.2 Å². The first-order chi connectivity index (χ1) is 11.3. The number of hydrogen-bond acceptors (Lipinski definition) is 6. The molecule has 0 unspecified atom stereocenters. The minimum atomic E-state index is -0.411. The second-order valence-corrected chi connectivity index (χ2v) is 4.98. The Hall–Kier alpha value is -2.76. The highest BCUT2D eigenvalue weighted by Gasteiger charge is 2.11. The number of aromatic nitrogens is 1. The molecule has 2 heterocycles. The first-order valence-electron chi connectivity index (χ1n) is 7.52. The summed E-state index contributed by atoms with van der Waals surface area (Å²) in [7, 11) is 0. The van der Waals surface area contributed by atoms with Crippen molar-refractivity contribution in [1.29, 1.82) is 0 Å². The Bertz CT molecular complexity index is 685. The average molecular weight is 314 g/mol. The molecular formula is C17H18N2O4. The standard InChI is InChI=1S/C17H18N2O4/c1-2-21-17(20)14-5-4-13(11-19-14)18-10-12-3-6-15-16(9-12)23-8-7-22-15/h3-6,9,11,18H,2,7-8,10H2,1H3. The Morgan fingerprint density at radius 3 is 2.78 bits per heavy atom. The molecule has 2 aromatic rings. The van der Waals surface area contributed by atoms with Crippen LogP contribution >= 0.6 is 0 Å². The van der Waals surface area contributed by atoms with E-state index in [9.17, 15) is 4.79 Å². The van der Waals surface area contributed by atoms with Crippen molar-refractivity contribution in [2.24, 2.45) is 0 Å². The predicted octanol–water partition coefficient (Wildman–Crippen LogP) is 2.64. The minimum absolute atomic E-state index is 0.303. The molecule has 1 aromatic carbocycles. The van der Waals surface area contributed by atoms with Gasteiger partial charge in [-0.15, -0.1) is 0 Å². The number of ether oxygens (including phenoxy) is 3. The zero-order chi connectivity index (χ0) is 16.1. The van der Waals surface area contributed by atoms with Crippen molar-refractivity contribution in [3.8, 4) is 11.5 Å². The molecule has 0 radical (unpaired) electrons. The van der Waals surface area contributed by atoms with E-state index >= 15 is 0 Å². The topological polar surface area (TPSA) is 69.7 Å². The molecule has 0 fully saturated rings. The SMILES string of the molecule is CCOC(=O)c1ccc(NCc2ccc3c(c2)OCCO3)cn1. The van der Waals surface area contributed by atoms with Gasteiger partial charge in [-0.1, -0.05) is 6.07 Å². The van der Waals surface area contributed by atoms with Crippen LogP contribution in [0.2, 0.25) is 0 Å². The van der Waals surface area contributed by atoms with Crippen LogP contribution in [0.15, 0.2) is 36.5 Å². The molecule has 0 aliphatic carbocycles. The lowest BCUT2D eigenvalue weighted by atomic mass is 10.2. The summed E-state index contributed by atoms with van der Waals surface area (Å²) in [6, 6.07) is 9.30. The Labute approximate surface area is 134 Å². The number of fused-ring (bicyclic) bond motifs is 1. The van der Waals surface area contributed by atoms with Gasteiger partial charge in [0, 0.05) is 6.54 Å². The number of esters is 1. The van der Waals surface area contributed by atoms with Crippen molar-refractivity contribution in [2.45, 2.75) is 13.5 Å². The highest BCUT2D eigenvalue weighted by molar-refractivity contribution is 5.87. The van der Waals surface area contributed by atoms with Crippen LogP contribution in [0.1, 0.15) is 23.0 Å². The van der Waals surface area contributed by atoms with Crippen LogP contribution in [0.4, 0.5) is 5.69 Å². The van der Waals surface area contributed by atoms with Crippen LogP contribution in [0, 0.1) is 0 Å². The van der Waals surface area contributed by atoms with Crippen molar-refractivity contribution >= 4 is 11.7 Å². The van der Waals surface area contributed by atoms with Crippen molar-refractivity contribution in [3.63, 3.8) is 0 Å². The summed E-state index contributed by atoms with van der Waals surface area (Å²) in [6.07, 6.45) is 1.62. The summed E-state index contributed by atoms with van der Waals surface area (Å²) in [5.41, 5.74) is 2.20. The molecule has 1 aliphatic heterocycles. The van der Waals surface area contributed by atoms with Crippen LogP contribution in [-0.4, -0.2) is 30.8 Å². The van der Waals surface area contributed by atoms with E-state index in [-0.39, 0.29) is 0 Å². The number of benzene rings is 1. The molecule has 0 saturated heterocycles. The van der Waals surface area contributed by atoms with Gasteiger partial charge in [-0.2, -0.15) is 0 Å². The van der Waals surface area contributed by atoms with Gasteiger partial charge in [-0.3, -0.25) is 0 Å². The van der Waals surface area contributed by atoms with Crippen molar-refractivity contribution < 1.29 is 19.0 Å². The Morgan fingerprint density at radius 2 is 2.04 bits per heavy atom. The number of nitrogens with zero attached hydrogens (tertiary/aromatic N) is 1. The number of pyridine rings is 1. The molecule has 6 heteroatoms. The van der Waals surface area contributed by atoms with Crippen LogP contribution in [0.3, 0.4) is 0 Å². The zero-order valence-corrected chi connectivity index (χ0v) is 12.9. The van der Waals surface area contributed by atoms with Crippen LogP contribution in [0.25, 0.3) is 0 Å². The number of anilines is 1. The molecular weight excluding hydrogens is 296 g/mol. The van der Waals surface area contributed by atoms with Crippen molar-refractivity contribution in [1.82, 2.24) is 4.98 Å². The number of carbonyl (C=O) groups excluding carboxylic acids is 1. The fourth-order valence-corrected chi connectivity index (χ4v) is 2.23. The van der Waals surface area contributed by atoms with Gasteiger partial charge in [0.25, 0.3) is 0 Å². The van der Waals surface area contributed by atoms with Gasteiger partial charge in [-0.25, -0.2) is 9.78 Å². The summed E-state index contributed by atoms with van der Waals surface area (Å²) >= 11 is 0. The summed E-state index contributed by atoms with van der Waals surface area (Å²) in [5.74, 6) is 1.14.